The largest absolute Gasteiger partial charge is 0.379 e. The van der Waals surface area contributed by atoms with E-state index in [9.17, 15) is 9.59 Å². The zero-order valence-electron chi connectivity index (χ0n) is 21.1. The minimum Gasteiger partial charge on any atom is -0.379 e. The quantitative estimate of drug-likeness (QED) is 0.485. The van der Waals surface area contributed by atoms with Crippen molar-refractivity contribution in [3.8, 4) is 11.1 Å². The first-order valence-electron chi connectivity index (χ1n) is 13.1. The van der Waals surface area contributed by atoms with Gasteiger partial charge in [0.15, 0.2) is 0 Å². The molecule has 0 atom stereocenters. The van der Waals surface area contributed by atoms with Crippen LogP contribution in [0.15, 0.2) is 72.8 Å². The van der Waals surface area contributed by atoms with Crippen LogP contribution in [-0.2, 0) is 4.74 Å². The van der Waals surface area contributed by atoms with Gasteiger partial charge in [0.2, 0.25) is 0 Å². The first-order chi connectivity index (χ1) is 18.2. The molecule has 0 aliphatic carbocycles. The zero-order chi connectivity index (χ0) is 25.5. The van der Waals surface area contributed by atoms with Gasteiger partial charge < -0.3 is 20.3 Å². The van der Waals surface area contributed by atoms with Gasteiger partial charge in [-0.25, -0.2) is 0 Å². The Kier molecular flexibility index (Phi) is 8.13. The van der Waals surface area contributed by atoms with Crippen molar-refractivity contribution >= 4 is 23.2 Å². The number of rotatable bonds is 8. The van der Waals surface area contributed by atoms with E-state index >= 15 is 0 Å². The molecule has 2 heterocycles. The molecule has 2 aliphatic heterocycles. The molecule has 0 aromatic heterocycles. The van der Waals surface area contributed by atoms with Gasteiger partial charge in [0.25, 0.3) is 11.8 Å². The zero-order valence-corrected chi connectivity index (χ0v) is 21.1. The Morgan fingerprint density at radius 2 is 1.49 bits per heavy atom. The van der Waals surface area contributed by atoms with Crippen molar-refractivity contribution in [3.63, 3.8) is 0 Å². The van der Waals surface area contributed by atoms with E-state index in [0.29, 0.717) is 23.4 Å². The Hall–Kier alpha value is -3.68. The number of nitrogens with zero attached hydrogens (tertiary/aromatic N) is 2. The van der Waals surface area contributed by atoms with Gasteiger partial charge in [0, 0.05) is 56.2 Å². The van der Waals surface area contributed by atoms with Crippen molar-refractivity contribution < 1.29 is 14.3 Å². The summed E-state index contributed by atoms with van der Waals surface area (Å²) in [6.45, 7) is 6.51. The summed E-state index contributed by atoms with van der Waals surface area (Å²) < 4.78 is 5.40. The number of anilines is 2. The monoisotopic (exact) mass is 498 g/mol. The fourth-order valence-electron chi connectivity index (χ4n) is 4.92. The van der Waals surface area contributed by atoms with Crippen LogP contribution in [0.25, 0.3) is 11.1 Å². The third-order valence-electron chi connectivity index (χ3n) is 7.02. The Labute approximate surface area is 218 Å². The van der Waals surface area contributed by atoms with Crippen LogP contribution in [0.2, 0.25) is 0 Å². The second-order valence-corrected chi connectivity index (χ2v) is 9.53. The highest BCUT2D eigenvalue weighted by atomic mass is 16.5. The smallest absolute Gasteiger partial charge is 0.255 e. The maximum atomic E-state index is 13.3. The van der Waals surface area contributed by atoms with Gasteiger partial charge in [-0.05, 0) is 54.3 Å². The Balaban J connectivity index is 1.28. The van der Waals surface area contributed by atoms with Crippen LogP contribution in [0.4, 0.5) is 11.4 Å². The molecule has 0 spiro atoms. The minimum atomic E-state index is -0.202. The molecule has 5 rings (SSSR count). The molecule has 2 saturated heterocycles. The van der Waals surface area contributed by atoms with Crippen molar-refractivity contribution in [3.05, 3.63) is 83.9 Å². The summed E-state index contributed by atoms with van der Waals surface area (Å²) >= 11 is 0. The van der Waals surface area contributed by atoms with Gasteiger partial charge in [-0.1, -0.05) is 42.5 Å². The maximum absolute atomic E-state index is 13.3. The second kappa shape index (κ2) is 12.0. The van der Waals surface area contributed by atoms with Crippen LogP contribution in [-0.4, -0.2) is 69.2 Å². The molecule has 3 aromatic rings. The van der Waals surface area contributed by atoms with Crippen LogP contribution in [0.3, 0.4) is 0 Å². The normalized spacial score (nSPS) is 15.9. The van der Waals surface area contributed by atoms with Crippen LogP contribution >= 0.6 is 0 Å². The Morgan fingerprint density at radius 3 is 2.22 bits per heavy atom. The Morgan fingerprint density at radius 1 is 0.784 bits per heavy atom. The molecule has 0 saturated carbocycles. The minimum absolute atomic E-state index is 0.113. The number of carbonyl (C=O) groups excluding carboxylic acids is 2. The number of hydrogen-bond donors (Lipinski definition) is 2. The number of carbonyl (C=O) groups is 2. The van der Waals surface area contributed by atoms with E-state index in [1.807, 2.05) is 66.7 Å². The van der Waals surface area contributed by atoms with Crippen LogP contribution in [0.1, 0.15) is 33.6 Å². The third-order valence-corrected chi connectivity index (χ3v) is 7.02. The SMILES string of the molecule is O=C(Nc1ccc(N2CCCC2)c(C(=O)NCCN2CCOCC2)c1)c1ccc(-c2ccccc2)cc1. The molecule has 37 heavy (non-hydrogen) atoms. The number of ether oxygens (including phenoxy) is 1. The fraction of sp³-hybridized carbons (Fsp3) is 0.333. The topological polar surface area (TPSA) is 73.9 Å². The predicted molar refractivity (Wildman–Crippen MR) is 147 cm³/mol. The second-order valence-electron chi connectivity index (χ2n) is 9.53. The van der Waals surface area contributed by atoms with Gasteiger partial charge in [-0.3, -0.25) is 14.5 Å². The third kappa shape index (κ3) is 6.37. The summed E-state index contributed by atoms with van der Waals surface area (Å²) in [7, 11) is 0. The van der Waals surface area contributed by atoms with E-state index in [4.69, 9.17) is 4.74 Å². The van der Waals surface area contributed by atoms with Gasteiger partial charge in [-0.2, -0.15) is 0 Å². The molecule has 192 valence electrons. The number of morpholine rings is 1. The first kappa shape index (κ1) is 25.0. The predicted octanol–water partition coefficient (Wildman–Crippen LogP) is 4.27. The van der Waals surface area contributed by atoms with E-state index < -0.39 is 0 Å². The van der Waals surface area contributed by atoms with Crippen LogP contribution in [0.5, 0.6) is 0 Å². The number of benzene rings is 3. The molecule has 0 radical (unpaired) electrons. The molecule has 3 aromatic carbocycles. The van der Waals surface area contributed by atoms with Crippen molar-refractivity contribution in [1.82, 2.24) is 10.2 Å². The summed E-state index contributed by atoms with van der Waals surface area (Å²) in [6, 6.07) is 23.3. The van der Waals surface area contributed by atoms with E-state index in [0.717, 1.165) is 75.6 Å². The standard InChI is InChI=1S/C30H34N4O3/c35-29(25-10-8-24(9-11-25)23-6-2-1-3-7-23)32-26-12-13-28(34-15-4-5-16-34)27(22-26)30(36)31-14-17-33-18-20-37-21-19-33/h1-3,6-13,22H,4-5,14-21H2,(H,31,36)(H,32,35). The van der Waals surface area contributed by atoms with Crippen molar-refractivity contribution in [2.75, 3.05) is 62.7 Å². The molecule has 2 N–H and O–H groups in total. The molecular formula is C30H34N4O3. The summed E-state index contributed by atoms with van der Waals surface area (Å²) in [5.41, 5.74) is 4.87. The van der Waals surface area contributed by atoms with Crippen LogP contribution < -0.4 is 15.5 Å². The average Bonchev–Trinajstić information content (AvgIpc) is 3.49. The van der Waals surface area contributed by atoms with Crippen molar-refractivity contribution in [2.24, 2.45) is 0 Å². The lowest BCUT2D eigenvalue weighted by Gasteiger charge is -2.26. The molecule has 2 amide bonds. The van der Waals surface area contributed by atoms with Crippen molar-refractivity contribution in [2.45, 2.75) is 12.8 Å². The maximum Gasteiger partial charge on any atom is 0.255 e. The summed E-state index contributed by atoms with van der Waals surface area (Å²) in [6.07, 6.45) is 2.24. The molecule has 0 unspecified atom stereocenters. The molecular weight excluding hydrogens is 464 g/mol. The number of nitrogens with one attached hydrogen (secondary N) is 2. The molecule has 0 bridgehead atoms. The fourth-order valence-corrected chi connectivity index (χ4v) is 4.92. The first-order valence-corrected chi connectivity index (χ1v) is 13.1. The van der Waals surface area contributed by atoms with Crippen LogP contribution in [0, 0.1) is 0 Å². The lowest BCUT2D eigenvalue weighted by molar-refractivity contribution is 0.0383. The van der Waals surface area contributed by atoms with E-state index in [2.05, 4.69) is 20.4 Å². The highest BCUT2D eigenvalue weighted by molar-refractivity contribution is 6.06. The lowest BCUT2D eigenvalue weighted by atomic mass is 10.0. The summed E-state index contributed by atoms with van der Waals surface area (Å²) in [4.78, 5) is 30.8. The molecule has 7 heteroatoms. The van der Waals surface area contributed by atoms with E-state index in [1.165, 1.54) is 0 Å². The molecule has 7 nitrogen and oxygen atoms in total. The lowest BCUT2D eigenvalue weighted by Crippen LogP contribution is -2.41. The molecule has 2 fully saturated rings. The summed E-state index contributed by atoms with van der Waals surface area (Å²) in [5, 5.41) is 6.06. The van der Waals surface area contributed by atoms with Crippen molar-refractivity contribution in [1.29, 1.82) is 0 Å². The molecule has 2 aliphatic rings. The number of amides is 2. The average molecular weight is 499 g/mol. The van der Waals surface area contributed by atoms with E-state index in [1.54, 1.807) is 6.07 Å². The van der Waals surface area contributed by atoms with Gasteiger partial charge in [0.05, 0.1) is 18.8 Å². The summed E-state index contributed by atoms with van der Waals surface area (Å²) in [5.74, 6) is -0.314. The Bertz CT molecular complexity index is 1200. The van der Waals surface area contributed by atoms with Gasteiger partial charge >= 0.3 is 0 Å². The van der Waals surface area contributed by atoms with E-state index in [-0.39, 0.29) is 11.8 Å². The van der Waals surface area contributed by atoms with Gasteiger partial charge in [-0.15, -0.1) is 0 Å². The highest BCUT2D eigenvalue weighted by Crippen LogP contribution is 2.28. The van der Waals surface area contributed by atoms with Gasteiger partial charge in [0.1, 0.15) is 0 Å². The number of hydrogen-bond acceptors (Lipinski definition) is 5. The highest BCUT2D eigenvalue weighted by Gasteiger charge is 2.21.